The van der Waals surface area contributed by atoms with Gasteiger partial charge in [-0.25, -0.2) is 0 Å². The van der Waals surface area contributed by atoms with Crippen LogP contribution in [0, 0.1) is 18.4 Å². The van der Waals surface area contributed by atoms with Crippen molar-refractivity contribution in [2.75, 3.05) is 6.26 Å². The fraction of sp³-hybridized carbons (Fsp3) is 0.333. The highest BCUT2D eigenvalue weighted by molar-refractivity contribution is 8.13. The molecule has 0 aliphatic heterocycles. The Labute approximate surface area is 92.7 Å². The average molecular weight is 221 g/mol. The standard InChI is InChI=1S/C9H11N5S/c1-7-3-12-8(4-11-7)5-13-9(15-2)14-6-10/h3-4H,5H2,1-2H3,(H,13,14). The minimum absolute atomic E-state index is 0.429. The van der Waals surface area contributed by atoms with E-state index in [1.165, 1.54) is 11.8 Å². The second-order valence-corrected chi connectivity index (χ2v) is 3.51. The quantitative estimate of drug-likeness (QED) is 0.350. The van der Waals surface area contributed by atoms with Gasteiger partial charge in [0.25, 0.3) is 0 Å². The molecule has 0 atom stereocenters. The number of aromatic nitrogens is 2. The Bertz CT molecular complexity index is 378. The van der Waals surface area contributed by atoms with Crippen LogP contribution in [0.1, 0.15) is 11.4 Å². The van der Waals surface area contributed by atoms with Gasteiger partial charge in [-0.05, 0) is 13.2 Å². The molecule has 0 aliphatic rings. The van der Waals surface area contributed by atoms with Crippen LogP contribution in [0.4, 0.5) is 0 Å². The maximum absolute atomic E-state index is 8.42. The lowest BCUT2D eigenvalue weighted by Crippen LogP contribution is -2.13. The van der Waals surface area contributed by atoms with Crippen LogP contribution in [0.15, 0.2) is 17.4 Å². The molecule has 0 unspecified atom stereocenters. The number of nitrogens with zero attached hydrogens (tertiary/aromatic N) is 4. The average Bonchev–Trinajstić information content (AvgIpc) is 2.26. The van der Waals surface area contributed by atoms with E-state index < -0.39 is 0 Å². The topological polar surface area (TPSA) is 74.0 Å². The molecule has 15 heavy (non-hydrogen) atoms. The number of hydrogen-bond acceptors (Lipinski definition) is 5. The summed E-state index contributed by atoms with van der Waals surface area (Å²) in [4.78, 5) is 12.4. The highest BCUT2D eigenvalue weighted by Crippen LogP contribution is 2.00. The van der Waals surface area contributed by atoms with Gasteiger partial charge >= 0.3 is 0 Å². The number of aryl methyl sites for hydroxylation is 1. The third-order valence-electron chi connectivity index (χ3n) is 1.58. The van der Waals surface area contributed by atoms with Gasteiger partial charge in [-0.15, -0.1) is 0 Å². The SMILES string of the molecule is CSC(=NCc1cnc(C)cn1)NC#N. The van der Waals surface area contributed by atoms with Crippen LogP contribution in [-0.2, 0) is 6.54 Å². The first-order valence-electron chi connectivity index (χ1n) is 4.27. The number of aliphatic imine (C=N–C) groups is 1. The monoisotopic (exact) mass is 221 g/mol. The van der Waals surface area contributed by atoms with E-state index in [4.69, 9.17) is 5.26 Å². The van der Waals surface area contributed by atoms with Gasteiger partial charge in [-0.2, -0.15) is 5.26 Å². The Hall–Kier alpha value is -1.61. The zero-order chi connectivity index (χ0) is 11.1. The first kappa shape index (κ1) is 11.5. The number of thioether (sulfide) groups is 1. The second-order valence-electron chi connectivity index (χ2n) is 2.71. The number of amidine groups is 1. The van der Waals surface area contributed by atoms with Crippen LogP contribution < -0.4 is 5.32 Å². The first-order valence-corrected chi connectivity index (χ1v) is 5.50. The fourth-order valence-electron chi connectivity index (χ4n) is 0.857. The largest absolute Gasteiger partial charge is 0.272 e. The third-order valence-corrected chi connectivity index (χ3v) is 2.19. The lowest BCUT2D eigenvalue weighted by Gasteiger charge is -1.99. The molecule has 1 aromatic rings. The van der Waals surface area contributed by atoms with Crippen molar-refractivity contribution in [3.63, 3.8) is 0 Å². The molecule has 1 aromatic heterocycles. The van der Waals surface area contributed by atoms with Crippen molar-refractivity contribution in [3.8, 4) is 6.19 Å². The van der Waals surface area contributed by atoms with Crippen molar-refractivity contribution in [2.24, 2.45) is 4.99 Å². The van der Waals surface area contributed by atoms with E-state index in [9.17, 15) is 0 Å². The fourth-order valence-corrected chi connectivity index (χ4v) is 1.20. The van der Waals surface area contributed by atoms with E-state index in [0.717, 1.165) is 11.4 Å². The second kappa shape index (κ2) is 5.98. The van der Waals surface area contributed by atoms with E-state index in [1.54, 1.807) is 12.4 Å². The Morgan fingerprint density at radius 3 is 2.93 bits per heavy atom. The van der Waals surface area contributed by atoms with Crippen LogP contribution in [0.3, 0.4) is 0 Å². The van der Waals surface area contributed by atoms with E-state index in [0.29, 0.717) is 11.7 Å². The molecule has 78 valence electrons. The van der Waals surface area contributed by atoms with Crippen molar-refractivity contribution in [1.82, 2.24) is 15.3 Å². The molecule has 0 spiro atoms. The molecular weight excluding hydrogens is 210 g/mol. The van der Waals surface area contributed by atoms with Crippen LogP contribution in [0.5, 0.6) is 0 Å². The summed E-state index contributed by atoms with van der Waals surface area (Å²) in [6.45, 7) is 2.31. The first-order chi connectivity index (χ1) is 7.26. The zero-order valence-electron chi connectivity index (χ0n) is 8.56. The zero-order valence-corrected chi connectivity index (χ0v) is 9.38. The third kappa shape index (κ3) is 3.95. The van der Waals surface area contributed by atoms with Crippen LogP contribution in [0.2, 0.25) is 0 Å². The summed E-state index contributed by atoms with van der Waals surface area (Å²) in [5.41, 5.74) is 1.66. The molecule has 0 fully saturated rings. The molecule has 0 aromatic carbocycles. The molecule has 6 heteroatoms. The van der Waals surface area contributed by atoms with Crippen LogP contribution in [0.25, 0.3) is 0 Å². The van der Waals surface area contributed by atoms with Crippen molar-refractivity contribution < 1.29 is 0 Å². The maximum Gasteiger partial charge on any atom is 0.183 e. The normalized spacial score (nSPS) is 10.9. The Morgan fingerprint density at radius 1 is 1.60 bits per heavy atom. The number of hydrogen-bond donors (Lipinski definition) is 1. The van der Waals surface area contributed by atoms with Gasteiger partial charge < -0.3 is 0 Å². The molecule has 5 nitrogen and oxygen atoms in total. The molecule has 0 saturated heterocycles. The van der Waals surface area contributed by atoms with Gasteiger partial charge in [-0.3, -0.25) is 20.3 Å². The molecule has 1 heterocycles. The smallest absolute Gasteiger partial charge is 0.183 e. The summed E-state index contributed by atoms with van der Waals surface area (Å²) in [6.07, 6.45) is 7.06. The highest BCUT2D eigenvalue weighted by Gasteiger charge is 1.96. The lowest BCUT2D eigenvalue weighted by atomic mass is 10.4. The molecule has 0 radical (unpaired) electrons. The van der Waals surface area contributed by atoms with E-state index >= 15 is 0 Å². The molecule has 0 bridgehead atoms. The number of nitriles is 1. The summed E-state index contributed by atoms with van der Waals surface area (Å²) in [5.74, 6) is 0. The van der Waals surface area contributed by atoms with Crippen molar-refractivity contribution in [2.45, 2.75) is 13.5 Å². The Kier molecular flexibility index (Phi) is 4.57. The summed E-state index contributed by atoms with van der Waals surface area (Å²) in [6, 6.07) is 0. The lowest BCUT2D eigenvalue weighted by molar-refractivity contribution is 0.944. The number of rotatable bonds is 2. The van der Waals surface area contributed by atoms with Crippen molar-refractivity contribution in [1.29, 1.82) is 5.26 Å². The molecule has 1 N–H and O–H groups in total. The predicted molar refractivity (Wildman–Crippen MR) is 60.2 cm³/mol. The van der Waals surface area contributed by atoms with E-state index in [2.05, 4.69) is 20.3 Å². The minimum atomic E-state index is 0.429. The molecule has 1 rings (SSSR count). The van der Waals surface area contributed by atoms with Crippen molar-refractivity contribution in [3.05, 3.63) is 23.8 Å². The van der Waals surface area contributed by atoms with Crippen LogP contribution in [-0.4, -0.2) is 21.4 Å². The summed E-state index contributed by atoms with van der Waals surface area (Å²) in [5, 5.41) is 11.5. The molecular formula is C9H11N5S. The molecule has 0 amide bonds. The van der Waals surface area contributed by atoms with Gasteiger partial charge in [0.2, 0.25) is 0 Å². The predicted octanol–water partition coefficient (Wildman–Crippen LogP) is 1.07. The highest BCUT2D eigenvalue weighted by atomic mass is 32.2. The summed E-state index contributed by atoms with van der Waals surface area (Å²) >= 11 is 1.39. The van der Waals surface area contributed by atoms with E-state index in [-0.39, 0.29) is 0 Å². The summed E-state index contributed by atoms with van der Waals surface area (Å²) in [7, 11) is 0. The molecule has 0 saturated carbocycles. The van der Waals surface area contributed by atoms with Gasteiger partial charge in [-0.1, -0.05) is 11.8 Å². The minimum Gasteiger partial charge on any atom is -0.272 e. The molecule has 0 aliphatic carbocycles. The van der Waals surface area contributed by atoms with Crippen molar-refractivity contribution >= 4 is 16.9 Å². The van der Waals surface area contributed by atoms with Crippen LogP contribution >= 0.6 is 11.8 Å². The van der Waals surface area contributed by atoms with E-state index in [1.807, 2.05) is 19.4 Å². The Morgan fingerprint density at radius 2 is 2.40 bits per heavy atom. The van der Waals surface area contributed by atoms with Gasteiger partial charge in [0.1, 0.15) is 0 Å². The summed E-state index contributed by atoms with van der Waals surface area (Å²) < 4.78 is 0. The Balaban J connectivity index is 2.62. The maximum atomic E-state index is 8.42. The van der Waals surface area contributed by atoms with Gasteiger partial charge in [0.15, 0.2) is 11.4 Å². The number of nitrogens with one attached hydrogen (secondary N) is 1. The van der Waals surface area contributed by atoms with Gasteiger partial charge in [0, 0.05) is 6.20 Å². The van der Waals surface area contributed by atoms with Gasteiger partial charge in [0.05, 0.1) is 24.1 Å².